The Bertz CT molecular complexity index is 288. The van der Waals surface area contributed by atoms with E-state index in [4.69, 9.17) is 4.74 Å². The molecule has 0 aliphatic carbocycles. The van der Waals surface area contributed by atoms with Gasteiger partial charge in [-0.1, -0.05) is 33.6 Å². The molecule has 2 aliphatic heterocycles. The molecule has 2 aliphatic rings. The largest absolute Gasteiger partial charge is 0.379 e. The maximum Gasteiger partial charge on any atom is 0.241 e. The van der Waals surface area contributed by atoms with E-state index in [2.05, 4.69) is 31.0 Å². The highest BCUT2D eigenvalue weighted by atomic mass is 16.5. The van der Waals surface area contributed by atoms with Crippen molar-refractivity contribution >= 4 is 5.91 Å². The number of nitrogens with one attached hydrogen (secondary N) is 1. The number of ether oxygens (including phenoxy) is 1. The summed E-state index contributed by atoms with van der Waals surface area (Å²) in [7, 11) is 0. The van der Waals surface area contributed by atoms with Crippen LogP contribution in [0.25, 0.3) is 0 Å². The zero-order valence-electron chi connectivity index (χ0n) is 11.8. The second kappa shape index (κ2) is 6.02. The standard InChI is InChI=1S/C14H26N2O2/c1-4-5-6-12-14(17)16(11-7-8-18-9-11)13(15-12)10(2)3/h10-13,15H,4-9H2,1-3H3. The van der Waals surface area contributed by atoms with Crippen LogP contribution in [0.3, 0.4) is 0 Å². The quantitative estimate of drug-likeness (QED) is 0.812. The summed E-state index contributed by atoms with van der Waals surface area (Å²) in [6.07, 6.45) is 4.39. The van der Waals surface area contributed by atoms with Crippen molar-refractivity contribution in [1.29, 1.82) is 0 Å². The Hall–Kier alpha value is -0.610. The lowest BCUT2D eigenvalue weighted by atomic mass is 10.1. The number of hydrogen-bond acceptors (Lipinski definition) is 3. The maximum atomic E-state index is 12.5. The Morgan fingerprint density at radius 1 is 1.50 bits per heavy atom. The van der Waals surface area contributed by atoms with Gasteiger partial charge in [0.25, 0.3) is 0 Å². The van der Waals surface area contributed by atoms with Crippen LogP contribution in [0, 0.1) is 5.92 Å². The highest BCUT2D eigenvalue weighted by molar-refractivity contribution is 5.84. The SMILES string of the molecule is CCCCC1NC(C(C)C)N(C2CCOC2)C1=O. The van der Waals surface area contributed by atoms with Gasteiger partial charge in [0.1, 0.15) is 0 Å². The topological polar surface area (TPSA) is 41.6 Å². The van der Waals surface area contributed by atoms with Crippen LogP contribution in [0.2, 0.25) is 0 Å². The molecule has 0 radical (unpaired) electrons. The summed E-state index contributed by atoms with van der Waals surface area (Å²) in [5.74, 6) is 0.735. The summed E-state index contributed by atoms with van der Waals surface area (Å²) < 4.78 is 5.44. The van der Waals surface area contributed by atoms with E-state index in [1.807, 2.05) is 0 Å². The molecule has 0 spiro atoms. The number of unbranched alkanes of at least 4 members (excludes halogenated alkanes) is 1. The minimum Gasteiger partial charge on any atom is -0.379 e. The molecule has 1 amide bonds. The molecule has 2 fully saturated rings. The van der Waals surface area contributed by atoms with E-state index < -0.39 is 0 Å². The fourth-order valence-electron chi connectivity index (χ4n) is 2.95. The molecule has 0 aromatic rings. The van der Waals surface area contributed by atoms with Crippen LogP contribution in [0.5, 0.6) is 0 Å². The molecule has 2 saturated heterocycles. The van der Waals surface area contributed by atoms with Crippen LogP contribution in [0.15, 0.2) is 0 Å². The van der Waals surface area contributed by atoms with E-state index in [9.17, 15) is 4.79 Å². The molecule has 1 N–H and O–H groups in total. The highest BCUT2D eigenvalue weighted by Gasteiger charge is 2.43. The lowest BCUT2D eigenvalue weighted by Crippen LogP contribution is -2.47. The van der Waals surface area contributed by atoms with Crippen LogP contribution in [0.1, 0.15) is 46.5 Å². The Balaban J connectivity index is 2.06. The zero-order chi connectivity index (χ0) is 13.1. The van der Waals surface area contributed by atoms with Crippen LogP contribution < -0.4 is 5.32 Å². The molecule has 104 valence electrons. The van der Waals surface area contributed by atoms with Crippen molar-refractivity contribution in [1.82, 2.24) is 10.2 Å². The normalized spacial score (nSPS) is 32.8. The second-order valence-corrected chi connectivity index (χ2v) is 5.81. The number of amides is 1. The number of hydrogen-bond donors (Lipinski definition) is 1. The van der Waals surface area contributed by atoms with Gasteiger partial charge in [-0.2, -0.15) is 0 Å². The molecule has 3 atom stereocenters. The first-order chi connectivity index (χ1) is 8.65. The number of rotatable bonds is 5. The van der Waals surface area contributed by atoms with Crippen LogP contribution in [-0.2, 0) is 9.53 Å². The summed E-state index contributed by atoms with van der Waals surface area (Å²) in [5, 5.41) is 3.52. The van der Waals surface area contributed by atoms with E-state index in [-0.39, 0.29) is 24.2 Å². The van der Waals surface area contributed by atoms with Crippen LogP contribution in [-0.4, -0.2) is 42.3 Å². The van der Waals surface area contributed by atoms with Crippen molar-refractivity contribution in [2.75, 3.05) is 13.2 Å². The summed E-state index contributed by atoms with van der Waals surface area (Å²) >= 11 is 0. The summed E-state index contributed by atoms with van der Waals surface area (Å²) in [6.45, 7) is 8.02. The van der Waals surface area contributed by atoms with Gasteiger partial charge in [0.2, 0.25) is 5.91 Å². The lowest BCUT2D eigenvalue weighted by molar-refractivity contribution is -0.133. The Morgan fingerprint density at radius 2 is 2.28 bits per heavy atom. The van der Waals surface area contributed by atoms with Gasteiger partial charge in [-0.3, -0.25) is 10.1 Å². The fourth-order valence-corrected chi connectivity index (χ4v) is 2.95. The molecule has 0 bridgehead atoms. The molecule has 0 aromatic heterocycles. The molecular formula is C14H26N2O2. The van der Waals surface area contributed by atoms with Gasteiger partial charge in [0.15, 0.2) is 0 Å². The molecule has 3 unspecified atom stereocenters. The first-order valence-corrected chi connectivity index (χ1v) is 7.31. The van der Waals surface area contributed by atoms with Crippen molar-refractivity contribution in [3.05, 3.63) is 0 Å². The minimum atomic E-state index is 0.0259. The molecule has 2 heterocycles. The van der Waals surface area contributed by atoms with Crippen molar-refractivity contribution in [2.45, 2.75) is 64.7 Å². The molecule has 4 heteroatoms. The van der Waals surface area contributed by atoms with E-state index >= 15 is 0 Å². The van der Waals surface area contributed by atoms with Crippen molar-refractivity contribution < 1.29 is 9.53 Å². The van der Waals surface area contributed by atoms with E-state index in [1.165, 1.54) is 0 Å². The molecule has 18 heavy (non-hydrogen) atoms. The Morgan fingerprint density at radius 3 is 2.83 bits per heavy atom. The number of carbonyl (C=O) groups is 1. The molecule has 2 rings (SSSR count). The van der Waals surface area contributed by atoms with Gasteiger partial charge in [0, 0.05) is 6.61 Å². The first kappa shape index (κ1) is 13.8. The predicted molar refractivity (Wildman–Crippen MR) is 71.1 cm³/mol. The van der Waals surface area contributed by atoms with Crippen LogP contribution >= 0.6 is 0 Å². The van der Waals surface area contributed by atoms with Crippen molar-refractivity contribution in [3.8, 4) is 0 Å². The lowest BCUT2D eigenvalue weighted by Gasteiger charge is -2.31. The maximum absolute atomic E-state index is 12.5. The minimum absolute atomic E-state index is 0.0259. The smallest absolute Gasteiger partial charge is 0.241 e. The third-order valence-electron chi connectivity index (χ3n) is 4.00. The van der Waals surface area contributed by atoms with Crippen LogP contribution in [0.4, 0.5) is 0 Å². The molecular weight excluding hydrogens is 228 g/mol. The average molecular weight is 254 g/mol. The zero-order valence-corrected chi connectivity index (χ0v) is 11.8. The second-order valence-electron chi connectivity index (χ2n) is 5.81. The van der Waals surface area contributed by atoms with Gasteiger partial charge in [0.05, 0.1) is 24.9 Å². The first-order valence-electron chi connectivity index (χ1n) is 7.31. The van der Waals surface area contributed by atoms with Gasteiger partial charge in [-0.25, -0.2) is 0 Å². The average Bonchev–Trinajstić information content (AvgIpc) is 2.94. The number of carbonyl (C=O) groups excluding carboxylic acids is 1. The van der Waals surface area contributed by atoms with Gasteiger partial charge in [-0.05, 0) is 18.8 Å². The van der Waals surface area contributed by atoms with Gasteiger partial charge in [-0.15, -0.1) is 0 Å². The monoisotopic (exact) mass is 254 g/mol. The van der Waals surface area contributed by atoms with Gasteiger partial charge < -0.3 is 9.64 Å². The summed E-state index contributed by atoms with van der Waals surface area (Å²) in [6, 6.07) is 0.307. The molecule has 0 aromatic carbocycles. The van der Waals surface area contributed by atoms with E-state index in [0.717, 1.165) is 32.3 Å². The van der Waals surface area contributed by atoms with Crippen molar-refractivity contribution in [3.63, 3.8) is 0 Å². The Labute approximate surface area is 110 Å². The summed E-state index contributed by atoms with van der Waals surface area (Å²) in [4.78, 5) is 14.6. The fraction of sp³-hybridized carbons (Fsp3) is 0.929. The third kappa shape index (κ3) is 2.69. The van der Waals surface area contributed by atoms with Crippen molar-refractivity contribution in [2.24, 2.45) is 5.92 Å². The molecule has 4 nitrogen and oxygen atoms in total. The van der Waals surface area contributed by atoms with Gasteiger partial charge >= 0.3 is 0 Å². The Kier molecular flexibility index (Phi) is 4.62. The highest BCUT2D eigenvalue weighted by Crippen LogP contribution is 2.26. The van der Waals surface area contributed by atoms with E-state index in [1.54, 1.807) is 0 Å². The number of nitrogens with zero attached hydrogens (tertiary/aromatic N) is 1. The predicted octanol–water partition coefficient (Wildman–Crippen LogP) is 1.75. The summed E-state index contributed by atoms with van der Waals surface area (Å²) in [5.41, 5.74) is 0. The third-order valence-corrected chi connectivity index (χ3v) is 4.00. The van der Waals surface area contributed by atoms with E-state index in [0.29, 0.717) is 12.5 Å². The molecule has 0 saturated carbocycles.